The van der Waals surface area contributed by atoms with Crippen molar-refractivity contribution in [3.05, 3.63) is 48.0 Å². The SMILES string of the molecule is CC1(C)O[C@H]2O[C@H]([C@H]3COC(C)(C)O3)[C@@H](NC(=O)Cc3ccc4ccccc4c3)[C@H]2O1. The van der Waals surface area contributed by atoms with Crippen LogP contribution in [0.3, 0.4) is 0 Å². The molecule has 1 N–H and O–H groups in total. The van der Waals surface area contributed by atoms with Gasteiger partial charge in [-0.1, -0.05) is 42.5 Å². The molecule has 7 heteroatoms. The van der Waals surface area contributed by atoms with Crippen molar-refractivity contribution in [3.63, 3.8) is 0 Å². The molecule has 3 aliphatic rings. The highest BCUT2D eigenvalue weighted by molar-refractivity contribution is 5.85. The van der Waals surface area contributed by atoms with Crippen LogP contribution in [0.15, 0.2) is 42.5 Å². The molecular formula is C24H29NO6. The minimum absolute atomic E-state index is 0.0963. The lowest BCUT2D eigenvalue weighted by Crippen LogP contribution is -2.52. The summed E-state index contributed by atoms with van der Waals surface area (Å²) in [5.41, 5.74) is 0.953. The molecule has 0 unspecified atom stereocenters. The van der Waals surface area contributed by atoms with E-state index in [1.807, 2.05) is 58.0 Å². The molecule has 0 radical (unpaired) electrons. The van der Waals surface area contributed by atoms with Crippen LogP contribution in [0.25, 0.3) is 10.8 Å². The molecule has 3 heterocycles. The molecule has 3 aliphatic heterocycles. The molecule has 0 bridgehead atoms. The average molecular weight is 427 g/mol. The molecule has 0 aliphatic carbocycles. The van der Waals surface area contributed by atoms with Crippen molar-refractivity contribution in [2.75, 3.05) is 6.61 Å². The van der Waals surface area contributed by atoms with Gasteiger partial charge in [-0.25, -0.2) is 0 Å². The topological polar surface area (TPSA) is 75.3 Å². The van der Waals surface area contributed by atoms with E-state index < -0.39 is 36.1 Å². The summed E-state index contributed by atoms with van der Waals surface area (Å²) in [6.45, 7) is 7.81. The maximum absolute atomic E-state index is 13.0. The summed E-state index contributed by atoms with van der Waals surface area (Å²) in [4.78, 5) is 13.0. The zero-order valence-electron chi connectivity index (χ0n) is 18.3. The van der Waals surface area contributed by atoms with Crippen LogP contribution in [0.4, 0.5) is 0 Å². The summed E-state index contributed by atoms with van der Waals surface area (Å²) in [6.07, 6.45) is -1.44. The molecule has 3 fully saturated rings. The maximum Gasteiger partial charge on any atom is 0.224 e. The van der Waals surface area contributed by atoms with Gasteiger partial charge in [0.1, 0.15) is 18.3 Å². The second kappa shape index (κ2) is 7.53. The average Bonchev–Trinajstić information content (AvgIpc) is 3.31. The van der Waals surface area contributed by atoms with Gasteiger partial charge in [-0.15, -0.1) is 0 Å². The molecule has 31 heavy (non-hydrogen) atoms. The van der Waals surface area contributed by atoms with E-state index in [9.17, 15) is 4.79 Å². The Labute approximate surface area is 181 Å². The van der Waals surface area contributed by atoms with E-state index in [2.05, 4.69) is 17.4 Å². The van der Waals surface area contributed by atoms with Crippen molar-refractivity contribution >= 4 is 16.7 Å². The van der Waals surface area contributed by atoms with Crippen LogP contribution in [0.1, 0.15) is 33.3 Å². The van der Waals surface area contributed by atoms with Gasteiger partial charge < -0.3 is 29.0 Å². The van der Waals surface area contributed by atoms with Crippen LogP contribution in [-0.2, 0) is 34.9 Å². The number of carbonyl (C=O) groups is 1. The van der Waals surface area contributed by atoms with Crippen LogP contribution in [0, 0.1) is 0 Å². The largest absolute Gasteiger partial charge is 0.348 e. The van der Waals surface area contributed by atoms with Crippen molar-refractivity contribution in [1.82, 2.24) is 5.32 Å². The van der Waals surface area contributed by atoms with E-state index in [-0.39, 0.29) is 18.4 Å². The van der Waals surface area contributed by atoms with Crippen LogP contribution in [0.2, 0.25) is 0 Å². The monoisotopic (exact) mass is 427 g/mol. The zero-order valence-corrected chi connectivity index (χ0v) is 18.3. The van der Waals surface area contributed by atoms with Crippen molar-refractivity contribution in [3.8, 4) is 0 Å². The van der Waals surface area contributed by atoms with Crippen LogP contribution < -0.4 is 5.32 Å². The highest BCUT2D eigenvalue weighted by atomic mass is 16.8. The van der Waals surface area contributed by atoms with E-state index in [1.54, 1.807) is 0 Å². The standard InChI is InChI=1S/C24H29NO6/c1-23(2)27-13-17(29-23)20-19(21-22(28-20)31-24(3,4)30-21)25-18(26)12-14-9-10-15-7-5-6-8-16(15)11-14/h5-11,17,19-22H,12-13H2,1-4H3,(H,25,26)/t17-,19-,20-,21-,22-/m1/s1. The highest BCUT2D eigenvalue weighted by Gasteiger charge is 2.58. The van der Waals surface area contributed by atoms with E-state index >= 15 is 0 Å². The summed E-state index contributed by atoms with van der Waals surface area (Å²) in [5, 5.41) is 5.40. The summed E-state index contributed by atoms with van der Waals surface area (Å²) in [5.74, 6) is -1.55. The molecule has 3 saturated heterocycles. The van der Waals surface area contributed by atoms with Gasteiger partial charge in [0.25, 0.3) is 0 Å². The van der Waals surface area contributed by atoms with Gasteiger partial charge in [0.2, 0.25) is 5.91 Å². The number of carbonyl (C=O) groups excluding carboxylic acids is 1. The lowest BCUT2D eigenvalue weighted by molar-refractivity contribution is -0.223. The van der Waals surface area contributed by atoms with Gasteiger partial charge in [0.15, 0.2) is 17.9 Å². The van der Waals surface area contributed by atoms with E-state index in [0.29, 0.717) is 6.61 Å². The van der Waals surface area contributed by atoms with E-state index in [1.165, 1.54) is 0 Å². The van der Waals surface area contributed by atoms with Gasteiger partial charge in [-0.05, 0) is 44.0 Å². The molecule has 2 aromatic rings. The van der Waals surface area contributed by atoms with Crippen LogP contribution in [0.5, 0.6) is 0 Å². The Bertz CT molecular complexity index is 989. The Morgan fingerprint density at radius 2 is 1.74 bits per heavy atom. The van der Waals surface area contributed by atoms with Gasteiger partial charge in [0.05, 0.1) is 19.1 Å². The first-order valence-electron chi connectivity index (χ1n) is 10.8. The van der Waals surface area contributed by atoms with Gasteiger partial charge in [-0.2, -0.15) is 0 Å². The molecule has 7 nitrogen and oxygen atoms in total. The van der Waals surface area contributed by atoms with Gasteiger partial charge in [-0.3, -0.25) is 4.79 Å². The number of benzene rings is 2. The minimum Gasteiger partial charge on any atom is -0.348 e. The Hall–Kier alpha value is -2.03. The molecule has 0 aromatic heterocycles. The molecule has 5 rings (SSSR count). The molecule has 166 valence electrons. The number of fused-ring (bicyclic) bond motifs is 2. The fraction of sp³-hybridized carbons (Fsp3) is 0.542. The summed E-state index contributed by atoms with van der Waals surface area (Å²) in [7, 11) is 0. The third kappa shape index (κ3) is 4.21. The third-order valence-corrected chi connectivity index (χ3v) is 5.99. The van der Waals surface area contributed by atoms with Crippen molar-refractivity contribution < 1.29 is 28.5 Å². The summed E-state index contributed by atoms with van der Waals surface area (Å²) >= 11 is 0. The van der Waals surface area contributed by atoms with E-state index in [0.717, 1.165) is 16.3 Å². The lowest BCUT2D eigenvalue weighted by Gasteiger charge is -2.29. The quantitative estimate of drug-likeness (QED) is 0.809. The Kier molecular flexibility index (Phi) is 5.07. The Morgan fingerprint density at radius 1 is 0.968 bits per heavy atom. The van der Waals surface area contributed by atoms with Crippen molar-refractivity contribution in [2.45, 2.75) is 76.3 Å². The van der Waals surface area contributed by atoms with Crippen molar-refractivity contribution in [1.29, 1.82) is 0 Å². The van der Waals surface area contributed by atoms with Crippen LogP contribution in [-0.4, -0.2) is 54.7 Å². The first kappa shape index (κ1) is 20.8. The molecule has 2 aromatic carbocycles. The first-order chi connectivity index (χ1) is 14.7. The number of nitrogens with one attached hydrogen (secondary N) is 1. The number of hydrogen-bond acceptors (Lipinski definition) is 6. The fourth-order valence-electron chi connectivity index (χ4n) is 4.66. The predicted molar refractivity (Wildman–Crippen MR) is 113 cm³/mol. The van der Waals surface area contributed by atoms with Crippen LogP contribution >= 0.6 is 0 Å². The number of ether oxygens (including phenoxy) is 5. The fourth-order valence-corrected chi connectivity index (χ4v) is 4.66. The Morgan fingerprint density at radius 3 is 2.48 bits per heavy atom. The maximum atomic E-state index is 13.0. The summed E-state index contributed by atoms with van der Waals surface area (Å²) in [6, 6.07) is 13.8. The molecule has 0 saturated carbocycles. The summed E-state index contributed by atoms with van der Waals surface area (Å²) < 4.78 is 29.9. The second-order valence-electron chi connectivity index (χ2n) is 9.39. The van der Waals surface area contributed by atoms with Gasteiger partial charge in [0, 0.05) is 0 Å². The van der Waals surface area contributed by atoms with Crippen molar-refractivity contribution in [2.24, 2.45) is 0 Å². The number of rotatable bonds is 4. The highest BCUT2D eigenvalue weighted by Crippen LogP contribution is 2.40. The number of hydrogen-bond donors (Lipinski definition) is 1. The molecule has 1 amide bonds. The van der Waals surface area contributed by atoms with Gasteiger partial charge >= 0.3 is 0 Å². The lowest BCUT2D eigenvalue weighted by atomic mass is 10.0. The molecule has 5 atom stereocenters. The molecular weight excluding hydrogens is 398 g/mol. The smallest absolute Gasteiger partial charge is 0.224 e. The van der Waals surface area contributed by atoms with E-state index in [4.69, 9.17) is 23.7 Å². The third-order valence-electron chi connectivity index (χ3n) is 5.99. The first-order valence-corrected chi connectivity index (χ1v) is 10.8. The predicted octanol–water partition coefficient (Wildman–Crippen LogP) is 2.90. The Balaban J connectivity index is 1.32. The molecule has 0 spiro atoms. The minimum atomic E-state index is -0.770. The second-order valence-corrected chi connectivity index (χ2v) is 9.39. The zero-order chi connectivity index (χ0) is 21.8. The number of amides is 1. The normalized spacial score (nSPS) is 33.5.